The third kappa shape index (κ3) is 3.18. The van der Waals surface area contributed by atoms with Crippen LogP contribution >= 0.6 is 11.8 Å². The van der Waals surface area contributed by atoms with Gasteiger partial charge in [0.25, 0.3) is 0 Å². The first kappa shape index (κ1) is 10.9. The Balaban J connectivity index is 1.79. The second-order valence-corrected chi connectivity index (χ2v) is 5.14. The number of hydrogen-bond donors (Lipinski definition) is 1. The normalized spacial score (nSPS) is 22.9. The topological polar surface area (TPSA) is 37.8 Å². The molecule has 1 aromatic heterocycles. The standard InChI is InChI=1S/C11H17N3S/c1-9(11-7-12-3-4-13-11)14-6-10-2-5-15-8-10/h3-4,7,9-10,14H,2,5-6,8H2,1H3. The summed E-state index contributed by atoms with van der Waals surface area (Å²) in [6.45, 7) is 3.25. The van der Waals surface area contributed by atoms with Crippen molar-refractivity contribution < 1.29 is 0 Å². The van der Waals surface area contributed by atoms with Gasteiger partial charge in [0, 0.05) is 24.6 Å². The van der Waals surface area contributed by atoms with Gasteiger partial charge in [0.05, 0.1) is 5.69 Å². The van der Waals surface area contributed by atoms with Crippen LogP contribution in [0.25, 0.3) is 0 Å². The molecule has 3 nitrogen and oxygen atoms in total. The Morgan fingerprint density at radius 1 is 1.60 bits per heavy atom. The van der Waals surface area contributed by atoms with Crippen molar-refractivity contribution in [1.29, 1.82) is 0 Å². The number of hydrogen-bond acceptors (Lipinski definition) is 4. The fourth-order valence-electron chi connectivity index (χ4n) is 1.73. The molecule has 2 unspecified atom stereocenters. The first-order chi connectivity index (χ1) is 7.36. The zero-order valence-electron chi connectivity index (χ0n) is 9.02. The molecule has 0 aromatic carbocycles. The van der Waals surface area contributed by atoms with E-state index in [1.54, 1.807) is 12.4 Å². The van der Waals surface area contributed by atoms with E-state index in [0.717, 1.165) is 18.2 Å². The van der Waals surface area contributed by atoms with Crippen LogP contribution in [0.3, 0.4) is 0 Å². The van der Waals surface area contributed by atoms with Crippen LogP contribution in [0.4, 0.5) is 0 Å². The van der Waals surface area contributed by atoms with Crippen molar-refractivity contribution in [3.63, 3.8) is 0 Å². The van der Waals surface area contributed by atoms with Crippen molar-refractivity contribution in [2.24, 2.45) is 5.92 Å². The molecular formula is C11H17N3S. The van der Waals surface area contributed by atoms with Crippen LogP contribution in [0.15, 0.2) is 18.6 Å². The lowest BCUT2D eigenvalue weighted by Gasteiger charge is -2.15. The highest BCUT2D eigenvalue weighted by molar-refractivity contribution is 7.99. The average Bonchev–Trinajstić information content (AvgIpc) is 2.80. The van der Waals surface area contributed by atoms with E-state index >= 15 is 0 Å². The van der Waals surface area contributed by atoms with Crippen molar-refractivity contribution in [1.82, 2.24) is 15.3 Å². The van der Waals surface area contributed by atoms with Crippen molar-refractivity contribution in [2.45, 2.75) is 19.4 Å². The summed E-state index contributed by atoms with van der Waals surface area (Å²) in [6, 6.07) is 0.310. The summed E-state index contributed by atoms with van der Waals surface area (Å²) in [6.07, 6.45) is 6.65. The first-order valence-electron chi connectivity index (χ1n) is 5.43. The Kier molecular flexibility index (Phi) is 3.97. The van der Waals surface area contributed by atoms with E-state index < -0.39 is 0 Å². The van der Waals surface area contributed by atoms with E-state index in [2.05, 4.69) is 34.0 Å². The molecule has 4 heteroatoms. The van der Waals surface area contributed by atoms with Crippen LogP contribution in [0.5, 0.6) is 0 Å². The van der Waals surface area contributed by atoms with Gasteiger partial charge >= 0.3 is 0 Å². The van der Waals surface area contributed by atoms with Crippen LogP contribution in [0.1, 0.15) is 25.1 Å². The van der Waals surface area contributed by atoms with Gasteiger partial charge in [-0.1, -0.05) is 0 Å². The van der Waals surface area contributed by atoms with Crippen molar-refractivity contribution in [3.05, 3.63) is 24.3 Å². The number of thioether (sulfide) groups is 1. The lowest BCUT2D eigenvalue weighted by atomic mass is 10.1. The van der Waals surface area contributed by atoms with E-state index in [9.17, 15) is 0 Å². The summed E-state index contributed by atoms with van der Waals surface area (Å²) in [4.78, 5) is 8.37. The zero-order valence-corrected chi connectivity index (χ0v) is 9.83. The molecule has 0 spiro atoms. The molecule has 2 rings (SSSR count). The maximum Gasteiger partial charge on any atom is 0.0753 e. The van der Waals surface area contributed by atoms with Gasteiger partial charge in [-0.25, -0.2) is 0 Å². The quantitative estimate of drug-likeness (QED) is 0.846. The molecule has 1 aromatic rings. The monoisotopic (exact) mass is 223 g/mol. The minimum atomic E-state index is 0.310. The van der Waals surface area contributed by atoms with Gasteiger partial charge in [-0.15, -0.1) is 0 Å². The summed E-state index contributed by atoms with van der Waals surface area (Å²) >= 11 is 2.06. The molecule has 0 aliphatic carbocycles. The largest absolute Gasteiger partial charge is 0.308 e. The number of aromatic nitrogens is 2. The van der Waals surface area contributed by atoms with Crippen LogP contribution in [-0.4, -0.2) is 28.0 Å². The van der Waals surface area contributed by atoms with Crippen LogP contribution < -0.4 is 5.32 Å². The SMILES string of the molecule is CC(NCC1CCSC1)c1cnccn1. The van der Waals surface area contributed by atoms with Crippen LogP contribution in [0, 0.1) is 5.92 Å². The van der Waals surface area contributed by atoms with E-state index in [1.165, 1.54) is 17.9 Å². The number of rotatable bonds is 4. The van der Waals surface area contributed by atoms with E-state index in [-0.39, 0.29) is 0 Å². The fourth-order valence-corrected chi connectivity index (χ4v) is 3.01. The van der Waals surface area contributed by atoms with Gasteiger partial charge in [0.1, 0.15) is 0 Å². The maximum absolute atomic E-state index is 4.29. The molecule has 0 amide bonds. The first-order valence-corrected chi connectivity index (χ1v) is 6.59. The van der Waals surface area contributed by atoms with Gasteiger partial charge in [-0.3, -0.25) is 9.97 Å². The smallest absolute Gasteiger partial charge is 0.0753 e. The lowest BCUT2D eigenvalue weighted by Crippen LogP contribution is -2.26. The predicted molar refractivity (Wildman–Crippen MR) is 63.9 cm³/mol. The molecule has 2 heterocycles. The van der Waals surface area contributed by atoms with Crippen molar-refractivity contribution in [3.8, 4) is 0 Å². The highest BCUT2D eigenvalue weighted by Gasteiger charge is 2.16. The second-order valence-electron chi connectivity index (χ2n) is 3.99. The van der Waals surface area contributed by atoms with Gasteiger partial charge in [-0.2, -0.15) is 11.8 Å². The molecule has 1 N–H and O–H groups in total. The summed E-state index contributed by atoms with van der Waals surface area (Å²) in [5, 5.41) is 3.52. The minimum Gasteiger partial charge on any atom is -0.308 e. The number of nitrogens with one attached hydrogen (secondary N) is 1. The summed E-state index contributed by atoms with van der Waals surface area (Å²) in [7, 11) is 0. The second kappa shape index (κ2) is 5.47. The minimum absolute atomic E-state index is 0.310. The third-order valence-corrected chi connectivity index (χ3v) is 3.99. The molecule has 1 fully saturated rings. The van der Waals surface area contributed by atoms with Crippen LogP contribution in [0.2, 0.25) is 0 Å². The van der Waals surface area contributed by atoms with Gasteiger partial charge in [0.2, 0.25) is 0 Å². The Bertz CT molecular complexity index is 285. The van der Waals surface area contributed by atoms with E-state index in [0.29, 0.717) is 6.04 Å². The molecule has 15 heavy (non-hydrogen) atoms. The van der Waals surface area contributed by atoms with Gasteiger partial charge < -0.3 is 5.32 Å². The zero-order chi connectivity index (χ0) is 10.5. The molecular weight excluding hydrogens is 206 g/mol. The molecule has 1 saturated heterocycles. The van der Waals surface area contributed by atoms with Crippen molar-refractivity contribution in [2.75, 3.05) is 18.1 Å². The maximum atomic E-state index is 4.29. The van der Waals surface area contributed by atoms with Gasteiger partial charge in [-0.05, 0) is 37.3 Å². The highest BCUT2D eigenvalue weighted by atomic mass is 32.2. The van der Waals surface area contributed by atoms with E-state index in [1.807, 2.05) is 6.20 Å². The van der Waals surface area contributed by atoms with Crippen molar-refractivity contribution >= 4 is 11.8 Å². The molecule has 1 aliphatic heterocycles. The molecule has 82 valence electrons. The van der Waals surface area contributed by atoms with E-state index in [4.69, 9.17) is 0 Å². The Labute approximate surface area is 95.1 Å². The summed E-state index contributed by atoms with van der Waals surface area (Å²) < 4.78 is 0. The highest BCUT2D eigenvalue weighted by Crippen LogP contribution is 2.23. The molecule has 0 bridgehead atoms. The predicted octanol–water partition coefficient (Wildman–Crippen LogP) is 1.88. The molecule has 0 saturated carbocycles. The summed E-state index contributed by atoms with van der Waals surface area (Å²) in [5.74, 6) is 3.47. The van der Waals surface area contributed by atoms with Crippen LogP contribution in [-0.2, 0) is 0 Å². The molecule has 1 aliphatic rings. The fraction of sp³-hybridized carbons (Fsp3) is 0.636. The molecule has 2 atom stereocenters. The third-order valence-electron chi connectivity index (χ3n) is 2.76. The Morgan fingerprint density at radius 3 is 3.20 bits per heavy atom. The molecule has 0 radical (unpaired) electrons. The average molecular weight is 223 g/mol. The lowest BCUT2D eigenvalue weighted by molar-refractivity contribution is 0.471. The number of nitrogens with zero attached hydrogens (tertiary/aromatic N) is 2. The summed E-state index contributed by atoms with van der Waals surface area (Å²) in [5.41, 5.74) is 1.03. The Hall–Kier alpha value is -0.610. The Morgan fingerprint density at radius 2 is 2.53 bits per heavy atom. The van der Waals surface area contributed by atoms with Gasteiger partial charge in [0.15, 0.2) is 0 Å².